The Morgan fingerprint density at radius 2 is 1.27 bits per heavy atom. The van der Waals surface area contributed by atoms with Gasteiger partial charge >= 0.3 is 51.4 Å². The summed E-state index contributed by atoms with van der Waals surface area (Å²) in [7, 11) is 0. The van der Waals surface area contributed by atoms with Crippen LogP contribution in [-0.4, -0.2) is 30.5 Å². The van der Waals surface area contributed by atoms with E-state index in [1.165, 1.54) is 25.7 Å². The summed E-state index contributed by atoms with van der Waals surface area (Å²) in [5.74, 6) is -0.986. The normalized spacial score (nSPS) is 11.4. The summed E-state index contributed by atoms with van der Waals surface area (Å²) in [6.45, 7) is 5.98. The number of nitrogens with zero attached hydrogens (tertiary/aromatic N) is 1. The fourth-order valence-corrected chi connectivity index (χ4v) is 2.08. The van der Waals surface area contributed by atoms with Crippen LogP contribution >= 0.6 is 0 Å². The second-order valence-electron chi connectivity index (χ2n) is 5.45. The number of carboxylic acid groups (broad SMARTS) is 1. The molecule has 0 aliphatic heterocycles. The van der Waals surface area contributed by atoms with Crippen molar-refractivity contribution in [2.45, 2.75) is 65.2 Å². The van der Waals surface area contributed by atoms with Gasteiger partial charge in [-0.2, -0.15) is 0 Å². The van der Waals surface area contributed by atoms with E-state index in [4.69, 9.17) is 0 Å². The van der Waals surface area contributed by atoms with Crippen molar-refractivity contribution in [3.8, 4) is 0 Å². The van der Waals surface area contributed by atoms with Crippen molar-refractivity contribution in [2.24, 2.45) is 0 Å². The van der Waals surface area contributed by atoms with Gasteiger partial charge in [-0.05, 0) is 25.7 Å². The number of unbranched alkanes of at least 4 members (excludes halogenated alkanes) is 4. The second-order valence-corrected chi connectivity index (χ2v) is 5.45. The van der Waals surface area contributed by atoms with E-state index in [1.807, 2.05) is 4.90 Å². The van der Waals surface area contributed by atoms with Crippen molar-refractivity contribution in [2.75, 3.05) is 19.6 Å². The van der Waals surface area contributed by atoms with E-state index >= 15 is 0 Å². The van der Waals surface area contributed by atoms with Crippen molar-refractivity contribution in [3.63, 3.8) is 0 Å². The zero-order chi connectivity index (χ0) is 15.8. The second kappa shape index (κ2) is 19.6. The van der Waals surface area contributed by atoms with Gasteiger partial charge in [0.05, 0.1) is 5.97 Å². The Labute approximate surface area is 179 Å². The molecule has 0 bridgehead atoms. The van der Waals surface area contributed by atoms with Gasteiger partial charge in [0.25, 0.3) is 0 Å². The number of allylic oxidation sites excluding steroid dienone is 2. The first-order chi connectivity index (χ1) is 10.2. The Hall–Kier alpha value is 0.546. The van der Waals surface area contributed by atoms with Crippen LogP contribution in [0.5, 0.6) is 0 Å². The van der Waals surface area contributed by atoms with Crippen LogP contribution in [0.25, 0.3) is 0 Å². The van der Waals surface area contributed by atoms with E-state index in [1.54, 1.807) is 0 Å². The summed E-state index contributed by atoms with van der Waals surface area (Å²) < 4.78 is 0. The minimum absolute atomic E-state index is 0. The fourth-order valence-electron chi connectivity index (χ4n) is 2.08. The zero-order valence-corrected chi connectivity index (χ0v) is 18.0. The molecule has 0 heterocycles. The summed E-state index contributed by atoms with van der Waals surface area (Å²) in [6.07, 6.45) is 17.7. The Morgan fingerprint density at radius 1 is 0.864 bits per heavy atom. The van der Waals surface area contributed by atoms with Crippen LogP contribution in [0, 0.1) is 0 Å². The Balaban J connectivity index is 0. The SMILES string of the molecule is CCCC/C=C/CCN(CC/C=C/CCCC)CC(=O)[O-].[K+]. The molecule has 0 aromatic heterocycles. The molecule has 0 aromatic carbocycles. The number of carbonyl (C=O) groups excluding carboxylic acids is 1. The molecule has 0 saturated carbocycles. The Morgan fingerprint density at radius 3 is 1.64 bits per heavy atom. The molecule has 0 fully saturated rings. The number of carbonyl (C=O) groups is 1. The van der Waals surface area contributed by atoms with Crippen LogP contribution in [0.15, 0.2) is 24.3 Å². The molecule has 0 amide bonds. The fraction of sp³-hybridized carbons (Fsp3) is 0.722. The van der Waals surface area contributed by atoms with Crippen LogP contribution in [0.1, 0.15) is 65.2 Å². The van der Waals surface area contributed by atoms with Crippen molar-refractivity contribution < 1.29 is 61.3 Å². The van der Waals surface area contributed by atoms with E-state index < -0.39 is 5.97 Å². The van der Waals surface area contributed by atoms with Crippen LogP contribution in [-0.2, 0) is 4.79 Å². The minimum atomic E-state index is -0.986. The molecule has 0 atom stereocenters. The van der Waals surface area contributed by atoms with Crippen molar-refractivity contribution in [3.05, 3.63) is 24.3 Å². The van der Waals surface area contributed by atoms with Gasteiger partial charge in [0.2, 0.25) is 0 Å². The molecule has 0 N–H and O–H groups in total. The van der Waals surface area contributed by atoms with Gasteiger partial charge in [-0.1, -0.05) is 63.8 Å². The summed E-state index contributed by atoms with van der Waals surface area (Å²) in [6, 6.07) is 0. The van der Waals surface area contributed by atoms with Gasteiger partial charge in [0, 0.05) is 19.6 Å². The van der Waals surface area contributed by atoms with E-state index in [-0.39, 0.29) is 57.9 Å². The Bertz CT molecular complexity index is 281. The van der Waals surface area contributed by atoms with Gasteiger partial charge in [-0.3, -0.25) is 4.90 Å². The topological polar surface area (TPSA) is 43.4 Å². The zero-order valence-electron chi connectivity index (χ0n) is 14.9. The molecule has 4 heteroatoms. The van der Waals surface area contributed by atoms with Gasteiger partial charge in [0.15, 0.2) is 0 Å². The monoisotopic (exact) mass is 333 g/mol. The molecule has 22 heavy (non-hydrogen) atoms. The average Bonchev–Trinajstić information content (AvgIpc) is 2.45. The summed E-state index contributed by atoms with van der Waals surface area (Å²) in [5.41, 5.74) is 0. The standard InChI is InChI=1S/C18H33NO2.K/c1-3-5-7-9-11-13-15-19(17-18(20)21)16-14-12-10-8-6-4-2;/h9-12H,3-8,13-17H2,1-2H3,(H,20,21);/q;+1/p-1/b11-9+,12-10+;. The van der Waals surface area contributed by atoms with Gasteiger partial charge < -0.3 is 9.90 Å². The first-order valence-electron chi connectivity index (χ1n) is 8.42. The molecule has 0 radical (unpaired) electrons. The van der Waals surface area contributed by atoms with Gasteiger partial charge in [0.1, 0.15) is 0 Å². The maximum absolute atomic E-state index is 10.8. The Kier molecular flexibility index (Phi) is 22.1. The first kappa shape index (κ1) is 24.8. The van der Waals surface area contributed by atoms with E-state index in [2.05, 4.69) is 38.2 Å². The van der Waals surface area contributed by atoms with Crippen molar-refractivity contribution in [1.82, 2.24) is 4.90 Å². The number of rotatable bonds is 14. The average molecular weight is 334 g/mol. The third-order valence-electron chi connectivity index (χ3n) is 3.36. The predicted molar refractivity (Wildman–Crippen MR) is 88.0 cm³/mol. The van der Waals surface area contributed by atoms with Crippen LogP contribution in [0.3, 0.4) is 0 Å². The smallest absolute Gasteiger partial charge is 0.549 e. The maximum Gasteiger partial charge on any atom is 1.00 e. The van der Waals surface area contributed by atoms with Gasteiger partial charge in [-0.15, -0.1) is 0 Å². The molecule has 0 aromatic rings. The van der Waals surface area contributed by atoms with Gasteiger partial charge in [-0.25, -0.2) is 0 Å². The first-order valence-corrected chi connectivity index (χ1v) is 8.42. The summed E-state index contributed by atoms with van der Waals surface area (Å²) in [5, 5.41) is 10.8. The third kappa shape index (κ3) is 18.6. The number of hydrogen-bond donors (Lipinski definition) is 0. The largest absolute Gasteiger partial charge is 1.00 e. The van der Waals surface area contributed by atoms with Crippen LogP contribution in [0.4, 0.5) is 0 Å². The predicted octanol–water partition coefficient (Wildman–Crippen LogP) is 0.315. The molecular weight excluding hydrogens is 301 g/mol. The molecule has 0 rings (SSSR count). The molecule has 0 spiro atoms. The number of carboxylic acids is 1. The van der Waals surface area contributed by atoms with Crippen LogP contribution in [0.2, 0.25) is 0 Å². The van der Waals surface area contributed by atoms with Crippen molar-refractivity contribution >= 4 is 5.97 Å². The molecule has 0 saturated heterocycles. The molecule has 0 aliphatic carbocycles. The molecule has 3 nitrogen and oxygen atoms in total. The maximum atomic E-state index is 10.8. The summed E-state index contributed by atoms with van der Waals surface area (Å²) in [4.78, 5) is 12.7. The molecule has 0 unspecified atom stereocenters. The molecular formula is C18H32KNO2. The number of aliphatic carboxylic acids is 1. The number of hydrogen-bond acceptors (Lipinski definition) is 3. The quantitative estimate of drug-likeness (QED) is 0.261. The van der Waals surface area contributed by atoms with Crippen LogP contribution < -0.4 is 56.5 Å². The summed E-state index contributed by atoms with van der Waals surface area (Å²) >= 11 is 0. The molecule has 122 valence electrons. The van der Waals surface area contributed by atoms with E-state index in [0.717, 1.165) is 38.8 Å². The molecule has 0 aliphatic rings. The van der Waals surface area contributed by atoms with E-state index in [0.29, 0.717) is 0 Å². The van der Waals surface area contributed by atoms with E-state index in [9.17, 15) is 9.90 Å². The minimum Gasteiger partial charge on any atom is -0.549 e. The third-order valence-corrected chi connectivity index (χ3v) is 3.36. The van der Waals surface area contributed by atoms with Crippen molar-refractivity contribution in [1.29, 1.82) is 0 Å².